The minimum atomic E-state index is -0.546. The first-order valence-corrected chi connectivity index (χ1v) is 17.5. The van der Waals surface area contributed by atoms with Gasteiger partial charge in [-0.15, -0.1) is 0 Å². The molecule has 0 bridgehead atoms. The minimum Gasteiger partial charge on any atom is -0.456 e. The molecule has 9 aromatic rings. The van der Waals surface area contributed by atoms with Gasteiger partial charge in [0.1, 0.15) is 11.2 Å². The summed E-state index contributed by atoms with van der Waals surface area (Å²) in [5.74, 6) is 0. The molecule has 1 heterocycles. The fourth-order valence-corrected chi connectivity index (χ4v) is 8.44. The Kier molecular flexibility index (Phi) is 6.75. The third-order valence-electron chi connectivity index (χ3n) is 10.5. The first-order chi connectivity index (χ1) is 25.3. The lowest BCUT2D eigenvalue weighted by atomic mass is 9.67. The van der Waals surface area contributed by atoms with Crippen LogP contribution in [0, 0.1) is 0 Å². The molecule has 0 fully saturated rings. The normalized spacial score (nSPS) is 12.9. The molecule has 51 heavy (non-hydrogen) atoms. The van der Waals surface area contributed by atoms with Crippen LogP contribution in [-0.4, -0.2) is 0 Å². The zero-order valence-corrected chi connectivity index (χ0v) is 27.9. The van der Waals surface area contributed by atoms with E-state index in [4.69, 9.17) is 4.42 Å². The molecule has 0 aliphatic heterocycles. The van der Waals surface area contributed by atoms with Crippen molar-refractivity contribution in [2.75, 3.05) is 4.90 Å². The molecule has 0 saturated heterocycles. The summed E-state index contributed by atoms with van der Waals surface area (Å²) in [6, 6.07) is 71.9. The smallest absolute Gasteiger partial charge is 0.140 e. The highest BCUT2D eigenvalue weighted by Crippen LogP contribution is 2.57. The molecule has 0 saturated carbocycles. The first-order valence-electron chi connectivity index (χ1n) is 17.5. The third-order valence-corrected chi connectivity index (χ3v) is 10.5. The number of rotatable bonds is 6. The van der Waals surface area contributed by atoms with E-state index < -0.39 is 5.41 Å². The second-order valence-corrected chi connectivity index (χ2v) is 13.2. The van der Waals surface area contributed by atoms with E-state index in [-0.39, 0.29) is 0 Å². The van der Waals surface area contributed by atoms with Gasteiger partial charge in [-0.05, 0) is 69.8 Å². The maximum absolute atomic E-state index is 6.99. The second-order valence-electron chi connectivity index (χ2n) is 13.2. The van der Waals surface area contributed by atoms with Crippen molar-refractivity contribution in [2.24, 2.45) is 0 Å². The molecule has 1 aliphatic carbocycles. The summed E-state index contributed by atoms with van der Waals surface area (Å²) in [4.78, 5) is 2.36. The maximum atomic E-state index is 6.99. The van der Waals surface area contributed by atoms with Gasteiger partial charge in [-0.1, -0.05) is 164 Å². The predicted molar refractivity (Wildman–Crippen MR) is 211 cm³/mol. The van der Waals surface area contributed by atoms with E-state index in [2.05, 4.69) is 205 Å². The van der Waals surface area contributed by atoms with Crippen LogP contribution in [0.2, 0.25) is 0 Å². The Morgan fingerprint density at radius 2 is 0.961 bits per heavy atom. The van der Waals surface area contributed by atoms with Crippen LogP contribution in [0.5, 0.6) is 0 Å². The molecular formula is C49H33NO. The molecule has 1 aromatic heterocycles. The molecular weight excluding hydrogens is 619 g/mol. The van der Waals surface area contributed by atoms with Crippen LogP contribution < -0.4 is 4.90 Å². The number of hydrogen-bond donors (Lipinski definition) is 0. The van der Waals surface area contributed by atoms with Crippen LogP contribution in [-0.2, 0) is 5.41 Å². The summed E-state index contributed by atoms with van der Waals surface area (Å²) in [5.41, 5.74) is 14.3. The van der Waals surface area contributed by atoms with Crippen molar-refractivity contribution in [3.05, 3.63) is 222 Å². The number of benzene rings is 8. The van der Waals surface area contributed by atoms with Crippen molar-refractivity contribution in [1.82, 2.24) is 0 Å². The Bertz CT molecular complexity index is 2650. The van der Waals surface area contributed by atoms with Crippen molar-refractivity contribution < 1.29 is 4.42 Å². The summed E-state index contributed by atoms with van der Waals surface area (Å²) in [6.45, 7) is 0. The van der Waals surface area contributed by atoms with Crippen LogP contribution >= 0.6 is 0 Å². The Morgan fingerprint density at radius 1 is 0.392 bits per heavy atom. The monoisotopic (exact) mass is 651 g/mol. The van der Waals surface area contributed by atoms with Gasteiger partial charge in [0.25, 0.3) is 0 Å². The molecule has 8 aromatic carbocycles. The topological polar surface area (TPSA) is 16.4 Å². The second kappa shape index (κ2) is 11.8. The summed E-state index contributed by atoms with van der Waals surface area (Å²) in [7, 11) is 0. The van der Waals surface area contributed by atoms with Gasteiger partial charge in [-0.2, -0.15) is 0 Å². The number of para-hydroxylation sites is 3. The molecule has 0 atom stereocenters. The number of furan rings is 1. The third kappa shape index (κ3) is 4.43. The Balaban J connectivity index is 1.23. The number of nitrogens with zero attached hydrogens (tertiary/aromatic N) is 1. The largest absolute Gasteiger partial charge is 0.456 e. The molecule has 0 radical (unpaired) electrons. The average molecular weight is 652 g/mol. The van der Waals surface area contributed by atoms with Gasteiger partial charge in [0, 0.05) is 33.3 Å². The summed E-state index contributed by atoms with van der Waals surface area (Å²) >= 11 is 0. The Labute approximate surface area is 297 Å². The fourth-order valence-electron chi connectivity index (χ4n) is 8.44. The van der Waals surface area contributed by atoms with Crippen molar-refractivity contribution in [3.63, 3.8) is 0 Å². The molecule has 0 amide bonds. The Hall–Kier alpha value is -6.64. The SMILES string of the molecule is c1ccc(-c2ccccc2N(c2ccccc2)c2ccc3oc4c(C5(c6ccccc6)c6ccccc6-c6ccccc65)cccc4c3c2)cc1. The van der Waals surface area contributed by atoms with Gasteiger partial charge in [-0.3, -0.25) is 0 Å². The molecule has 0 unspecified atom stereocenters. The van der Waals surface area contributed by atoms with E-state index >= 15 is 0 Å². The number of fused-ring (bicyclic) bond motifs is 6. The zero-order valence-electron chi connectivity index (χ0n) is 27.9. The number of anilines is 3. The lowest BCUT2D eigenvalue weighted by Crippen LogP contribution is -2.28. The first kappa shape index (κ1) is 29.3. The van der Waals surface area contributed by atoms with Crippen LogP contribution in [0.3, 0.4) is 0 Å². The maximum Gasteiger partial charge on any atom is 0.140 e. The molecule has 1 aliphatic rings. The molecule has 0 N–H and O–H groups in total. The average Bonchev–Trinajstić information content (AvgIpc) is 3.73. The summed E-state index contributed by atoms with van der Waals surface area (Å²) in [6.07, 6.45) is 0. The van der Waals surface area contributed by atoms with Gasteiger partial charge >= 0.3 is 0 Å². The molecule has 10 rings (SSSR count). The van der Waals surface area contributed by atoms with Gasteiger partial charge in [0.15, 0.2) is 0 Å². The van der Waals surface area contributed by atoms with Crippen molar-refractivity contribution in [3.8, 4) is 22.3 Å². The van der Waals surface area contributed by atoms with Crippen molar-refractivity contribution >= 4 is 39.0 Å². The van der Waals surface area contributed by atoms with E-state index in [0.717, 1.165) is 44.6 Å². The van der Waals surface area contributed by atoms with Gasteiger partial charge in [0.2, 0.25) is 0 Å². The lowest BCUT2D eigenvalue weighted by molar-refractivity contribution is 0.648. The predicted octanol–water partition coefficient (Wildman–Crippen LogP) is 13.1. The van der Waals surface area contributed by atoms with Gasteiger partial charge in [-0.25, -0.2) is 0 Å². The highest BCUT2D eigenvalue weighted by molar-refractivity contribution is 6.09. The van der Waals surface area contributed by atoms with Crippen molar-refractivity contribution in [1.29, 1.82) is 0 Å². The quantitative estimate of drug-likeness (QED) is 0.178. The van der Waals surface area contributed by atoms with E-state index in [1.54, 1.807) is 0 Å². The zero-order chi connectivity index (χ0) is 33.8. The van der Waals surface area contributed by atoms with Crippen LogP contribution in [0.1, 0.15) is 22.3 Å². The van der Waals surface area contributed by atoms with E-state index in [1.165, 1.54) is 38.9 Å². The summed E-state index contributed by atoms with van der Waals surface area (Å²) in [5, 5.41) is 2.19. The number of hydrogen-bond acceptors (Lipinski definition) is 2. The summed E-state index contributed by atoms with van der Waals surface area (Å²) < 4.78 is 6.99. The molecule has 0 spiro atoms. The standard InChI is InChI=1S/C49H33NO/c1-4-17-34(18-5-1)38-23-12-15-30-46(38)50(36-21-8-3-9-22-36)37-31-32-47-42(33-37)41-26-16-29-45(48(41)51-47)49(35-19-6-2-7-20-35)43-27-13-10-24-39(43)40-25-11-14-28-44(40)49/h1-33H. The van der Waals surface area contributed by atoms with Gasteiger partial charge < -0.3 is 9.32 Å². The molecule has 240 valence electrons. The molecule has 2 heteroatoms. The lowest BCUT2D eigenvalue weighted by Gasteiger charge is -2.33. The van der Waals surface area contributed by atoms with E-state index in [1.807, 2.05) is 0 Å². The Morgan fingerprint density at radius 3 is 1.67 bits per heavy atom. The minimum absolute atomic E-state index is 0.546. The van der Waals surface area contributed by atoms with Crippen molar-refractivity contribution in [2.45, 2.75) is 5.41 Å². The molecule has 2 nitrogen and oxygen atoms in total. The van der Waals surface area contributed by atoms with E-state index in [0.29, 0.717) is 0 Å². The van der Waals surface area contributed by atoms with E-state index in [9.17, 15) is 0 Å². The van der Waals surface area contributed by atoms with Crippen LogP contribution in [0.4, 0.5) is 17.1 Å². The van der Waals surface area contributed by atoms with Crippen LogP contribution in [0.15, 0.2) is 205 Å². The van der Waals surface area contributed by atoms with Crippen LogP contribution in [0.25, 0.3) is 44.2 Å². The van der Waals surface area contributed by atoms with Gasteiger partial charge in [0.05, 0.1) is 11.1 Å². The fraction of sp³-hybridized carbons (Fsp3) is 0.0204. The highest BCUT2D eigenvalue weighted by Gasteiger charge is 2.47. The highest BCUT2D eigenvalue weighted by atomic mass is 16.3.